The van der Waals surface area contributed by atoms with E-state index in [1.54, 1.807) is 31.2 Å². The van der Waals surface area contributed by atoms with Gasteiger partial charge in [-0.3, -0.25) is 19.3 Å². The molecule has 1 atom stereocenters. The summed E-state index contributed by atoms with van der Waals surface area (Å²) in [5, 5.41) is 3.32. The molecule has 1 aliphatic heterocycles. The topological polar surface area (TPSA) is 92.8 Å². The van der Waals surface area contributed by atoms with Crippen LogP contribution in [0.2, 0.25) is 0 Å². The van der Waals surface area contributed by atoms with Gasteiger partial charge in [-0.05, 0) is 55.9 Å². The number of nitrogens with one attached hydrogen (secondary N) is 1. The van der Waals surface area contributed by atoms with Crippen molar-refractivity contribution in [2.24, 2.45) is 0 Å². The third-order valence-corrected chi connectivity index (χ3v) is 7.81. The minimum Gasteiger partial charge on any atom is -0.462 e. The molecule has 36 heavy (non-hydrogen) atoms. The molecule has 184 valence electrons. The summed E-state index contributed by atoms with van der Waals surface area (Å²) in [5.74, 6) is -1.98. The van der Waals surface area contributed by atoms with Crippen LogP contribution in [0.1, 0.15) is 66.8 Å². The predicted octanol–water partition coefficient (Wildman–Crippen LogP) is 4.65. The van der Waals surface area contributed by atoms with Gasteiger partial charge < -0.3 is 10.1 Å². The Bertz CT molecular complexity index is 1310. The molecule has 8 heteroatoms. The summed E-state index contributed by atoms with van der Waals surface area (Å²) in [6, 6.07) is 14.8. The molecule has 2 aromatic carbocycles. The lowest BCUT2D eigenvalue weighted by atomic mass is 9.95. The quantitative estimate of drug-likeness (QED) is 0.375. The van der Waals surface area contributed by atoms with Crippen LogP contribution >= 0.6 is 11.3 Å². The first-order valence-electron chi connectivity index (χ1n) is 12.1. The Hall–Kier alpha value is -3.78. The first kappa shape index (κ1) is 23.9. The van der Waals surface area contributed by atoms with Crippen LogP contribution in [0.25, 0.3) is 0 Å². The van der Waals surface area contributed by atoms with Crippen molar-refractivity contribution in [3.05, 3.63) is 87.3 Å². The molecule has 3 amide bonds. The van der Waals surface area contributed by atoms with Crippen LogP contribution in [-0.2, 0) is 28.8 Å². The molecule has 2 heterocycles. The van der Waals surface area contributed by atoms with Crippen molar-refractivity contribution in [1.82, 2.24) is 4.90 Å². The number of nitrogens with zero attached hydrogens (tertiary/aromatic N) is 1. The van der Waals surface area contributed by atoms with Crippen LogP contribution in [0.15, 0.2) is 54.6 Å². The Labute approximate surface area is 213 Å². The van der Waals surface area contributed by atoms with Crippen molar-refractivity contribution in [3.63, 3.8) is 0 Å². The van der Waals surface area contributed by atoms with Gasteiger partial charge in [-0.2, -0.15) is 0 Å². The van der Waals surface area contributed by atoms with Gasteiger partial charge in [0.25, 0.3) is 11.8 Å². The third kappa shape index (κ3) is 4.33. The number of hydrogen-bond donors (Lipinski definition) is 1. The summed E-state index contributed by atoms with van der Waals surface area (Å²) in [4.78, 5) is 55.3. The highest BCUT2D eigenvalue weighted by Gasteiger charge is 2.43. The fraction of sp³-hybridized carbons (Fsp3) is 0.286. The van der Waals surface area contributed by atoms with Crippen LogP contribution in [0.5, 0.6) is 0 Å². The smallest absolute Gasteiger partial charge is 0.341 e. The van der Waals surface area contributed by atoms with E-state index < -0.39 is 29.7 Å². The number of carbonyl (C=O) groups excluding carboxylic acids is 4. The van der Waals surface area contributed by atoms with Crippen molar-refractivity contribution in [2.75, 3.05) is 11.9 Å². The normalized spacial score (nSPS) is 15.3. The largest absolute Gasteiger partial charge is 0.462 e. The Morgan fingerprint density at radius 3 is 2.28 bits per heavy atom. The lowest BCUT2D eigenvalue weighted by molar-refractivity contribution is -0.119. The van der Waals surface area contributed by atoms with E-state index in [0.29, 0.717) is 10.6 Å². The van der Waals surface area contributed by atoms with E-state index in [2.05, 4.69) is 5.32 Å². The lowest BCUT2D eigenvalue weighted by Gasteiger charge is -2.25. The summed E-state index contributed by atoms with van der Waals surface area (Å²) < 4.78 is 5.30. The number of aryl methyl sites for hydroxylation is 1. The number of amides is 3. The van der Waals surface area contributed by atoms with Gasteiger partial charge in [-0.25, -0.2) is 4.79 Å². The van der Waals surface area contributed by atoms with Crippen molar-refractivity contribution >= 4 is 40.0 Å². The van der Waals surface area contributed by atoms with Gasteiger partial charge in [0.1, 0.15) is 11.0 Å². The molecule has 5 rings (SSSR count). The van der Waals surface area contributed by atoms with Gasteiger partial charge in [0.15, 0.2) is 0 Å². The molecule has 0 saturated carbocycles. The number of hydrogen-bond acceptors (Lipinski definition) is 6. The molecule has 0 fully saturated rings. The number of fused-ring (bicyclic) bond motifs is 2. The fourth-order valence-electron chi connectivity index (χ4n) is 4.90. The number of thiophene rings is 1. The predicted molar refractivity (Wildman–Crippen MR) is 136 cm³/mol. The number of rotatable bonds is 7. The molecule has 0 saturated heterocycles. The van der Waals surface area contributed by atoms with Gasteiger partial charge in [-0.1, -0.05) is 42.5 Å². The standard InChI is InChI=1S/C28H26N2O5S/c1-2-35-28(34)23-20-14-8-9-15-22(20)36-25(23)29-24(31)21(16-17-10-4-3-5-11-17)30-26(32)18-12-6-7-13-19(18)27(30)33/h3-7,10-13,21H,2,8-9,14-16H2,1H3,(H,29,31). The van der Waals surface area contributed by atoms with E-state index in [4.69, 9.17) is 4.74 Å². The zero-order valence-electron chi connectivity index (χ0n) is 19.9. The molecule has 1 N–H and O–H groups in total. The van der Waals surface area contributed by atoms with Crippen LogP contribution < -0.4 is 5.32 Å². The monoisotopic (exact) mass is 502 g/mol. The molecular weight excluding hydrogens is 476 g/mol. The molecule has 3 aromatic rings. The van der Waals surface area contributed by atoms with E-state index in [1.165, 1.54) is 11.3 Å². The van der Waals surface area contributed by atoms with Crippen LogP contribution in [0.3, 0.4) is 0 Å². The third-order valence-electron chi connectivity index (χ3n) is 6.60. The van der Waals surface area contributed by atoms with Gasteiger partial charge in [-0.15, -0.1) is 11.3 Å². The highest BCUT2D eigenvalue weighted by atomic mass is 32.1. The minimum absolute atomic E-state index is 0.151. The second kappa shape index (κ2) is 10.1. The van der Waals surface area contributed by atoms with Gasteiger partial charge in [0.2, 0.25) is 5.91 Å². The fourth-order valence-corrected chi connectivity index (χ4v) is 6.18. The van der Waals surface area contributed by atoms with E-state index in [-0.39, 0.29) is 24.2 Å². The lowest BCUT2D eigenvalue weighted by Crippen LogP contribution is -2.48. The zero-order chi connectivity index (χ0) is 25.2. The van der Waals surface area contributed by atoms with E-state index in [9.17, 15) is 19.2 Å². The van der Waals surface area contributed by atoms with Crippen LogP contribution in [-0.4, -0.2) is 41.2 Å². The Kier molecular flexibility index (Phi) is 6.69. The first-order chi connectivity index (χ1) is 17.5. The summed E-state index contributed by atoms with van der Waals surface area (Å²) in [6.45, 7) is 1.97. The average molecular weight is 503 g/mol. The van der Waals surface area contributed by atoms with Crippen molar-refractivity contribution < 1.29 is 23.9 Å². The van der Waals surface area contributed by atoms with Gasteiger partial charge >= 0.3 is 5.97 Å². The number of imide groups is 1. The SMILES string of the molecule is CCOC(=O)c1c(NC(=O)C(Cc2ccccc2)N2C(=O)c3ccccc3C2=O)sc2c1CCCC2. The zero-order valence-corrected chi connectivity index (χ0v) is 20.7. The molecular formula is C28H26N2O5S. The van der Waals surface area contributed by atoms with Crippen molar-refractivity contribution in [2.45, 2.75) is 45.1 Å². The molecule has 2 aliphatic rings. The van der Waals surface area contributed by atoms with Gasteiger partial charge in [0.05, 0.1) is 23.3 Å². The number of anilines is 1. The molecule has 1 unspecified atom stereocenters. The highest BCUT2D eigenvalue weighted by Crippen LogP contribution is 2.39. The van der Waals surface area contributed by atoms with Crippen molar-refractivity contribution in [1.29, 1.82) is 0 Å². The van der Waals surface area contributed by atoms with Crippen LogP contribution in [0, 0.1) is 0 Å². The minimum atomic E-state index is -1.09. The Morgan fingerprint density at radius 1 is 0.972 bits per heavy atom. The molecule has 1 aromatic heterocycles. The number of esters is 1. The Morgan fingerprint density at radius 2 is 1.61 bits per heavy atom. The maximum Gasteiger partial charge on any atom is 0.341 e. The molecule has 0 spiro atoms. The highest BCUT2D eigenvalue weighted by molar-refractivity contribution is 7.17. The molecule has 1 aliphatic carbocycles. The second-order valence-electron chi connectivity index (χ2n) is 8.86. The number of benzene rings is 2. The summed E-state index contributed by atoms with van der Waals surface area (Å²) >= 11 is 1.38. The molecule has 0 radical (unpaired) electrons. The number of ether oxygens (including phenoxy) is 1. The van der Waals surface area contributed by atoms with E-state index in [1.807, 2.05) is 30.3 Å². The first-order valence-corrected chi connectivity index (χ1v) is 12.9. The van der Waals surface area contributed by atoms with Gasteiger partial charge in [0, 0.05) is 11.3 Å². The number of carbonyl (C=O) groups is 4. The maximum absolute atomic E-state index is 13.8. The average Bonchev–Trinajstić information content (AvgIpc) is 3.38. The summed E-state index contributed by atoms with van der Waals surface area (Å²) in [6.07, 6.45) is 3.73. The van der Waals surface area contributed by atoms with E-state index in [0.717, 1.165) is 46.6 Å². The molecule has 0 bridgehead atoms. The maximum atomic E-state index is 13.8. The molecule has 7 nitrogen and oxygen atoms in total. The Balaban J connectivity index is 1.51. The van der Waals surface area contributed by atoms with E-state index >= 15 is 0 Å². The summed E-state index contributed by atoms with van der Waals surface area (Å²) in [5.41, 5.74) is 2.70. The second-order valence-corrected chi connectivity index (χ2v) is 9.96. The van der Waals surface area contributed by atoms with Crippen molar-refractivity contribution in [3.8, 4) is 0 Å². The van der Waals surface area contributed by atoms with Crippen LogP contribution in [0.4, 0.5) is 5.00 Å². The summed E-state index contributed by atoms with van der Waals surface area (Å²) in [7, 11) is 0.